The van der Waals surface area contributed by atoms with Gasteiger partial charge in [-0.1, -0.05) is 71.5 Å². The monoisotopic (exact) mass is 402 g/mol. The van der Waals surface area contributed by atoms with Crippen molar-refractivity contribution in [2.45, 2.75) is 0 Å². The summed E-state index contributed by atoms with van der Waals surface area (Å²) in [5.74, 6) is 1.23. The van der Waals surface area contributed by atoms with E-state index in [1.165, 1.54) is 11.3 Å². The molecular formula is C21H11ClN4OS. The van der Waals surface area contributed by atoms with Gasteiger partial charge in [-0.3, -0.25) is 0 Å². The molecule has 6 aromatic rings. The van der Waals surface area contributed by atoms with Crippen LogP contribution >= 0.6 is 22.9 Å². The van der Waals surface area contributed by atoms with Crippen molar-refractivity contribution in [2.24, 2.45) is 0 Å². The average molecular weight is 403 g/mol. The van der Waals surface area contributed by atoms with Crippen molar-refractivity contribution in [2.75, 3.05) is 0 Å². The van der Waals surface area contributed by atoms with Gasteiger partial charge in [-0.2, -0.15) is 9.61 Å². The lowest BCUT2D eigenvalue weighted by atomic mass is 10.1. The van der Waals surface area contributed by atoms with Crippen molar-refractivity contribution in [1.82, 2.24) is 19.8 Å². The molecule has 3 aromatic carbocycles. The Hall–Kier alpha value is -3.22. The summed E-state index contributed by atoms with van der Waals surface area (Å²) in [5, 5.41) is 18.0. The quantitative estimate of drug-likeness (QED) is 0.352. The second kappa shape index (κ2) is 5.89. The molecule has 5 nitrogen and oxygen atoms in total. The van der Waals surface area contributed by atoms with Crippen LogP contribution in [0.1, 0.15) is 0 Å². The summed E-state index contributed by atoms with van der Waals surface area (Å²) in [6.45, 7) is 0. The number of hydrogen-bond acceptors (Lipinski definition) is 5. The SMILES string of the molecule is Clc1cccc2c(-c3nn4c(-c5cc6ccccc6o5)nnc4s3)cccc12. The fourth-order valence-electron chi connectivity index (χ4n) is 3.43. The van der Waals surface area contributed by atoms with E-state index in [1.54, 1.807) is 4.52 Å². The lowest BCUT2D eigenvalue weighted by Gasteiger charge is -2.04. The van der Waals surface area contributed by atoms with E-state index < -0.39 is 0 Å². The molecule has 0 aliphatic rings. The molecule has 3 heterocycles. The summed E-state index contributed by atoms with van der Waals surface area (Å²) in [6.07, 6.45) is 0. The molecule has 0 aliphatic heterocycles. The fourth-order valence-corrected chi connectivity index (χ4v) is 4.55. The maximum atomic E-state index is 6.36. The highest BCUT2D eigenvalue weighted by Crippen LogP contribution is 2.35. The second-order valence-corrected chi connectivity index (χ2v) is 7.78. The molecule has 0 unspecified atom stereocenters. The maximum absolute atomic E-state index is 6.36. The Morgan fingerprint density at radius 1 is 0.893 bits per heavy atom. The maximum Gasteiger partial charge on any atom is 0.235 e. The van der Waals surface area contributed by atoms with Crippen molar-refractivity contribution in [1.29, 1.82) is 0 Å². The lowest BCUT2D eigenvalue weighted by Crippen LogP contribution is -1.90. The average Bonchev–Trinajstić information content (AvgIpc) is 3.41. The zero-order valence-electron chi connectivity index (χ0n) is 14.3. The highest BCUT2D eigenvalue weighted by atomic mass is 35.5. The van der Waals surface area contributed by atoms with Crippen molar-refractivity contribution < 1.29 is 4.42 Å². The van der Waals surface area contributed by atoms with Crippen LogP contribution in [0.5, 0.6) is 0 Å². The Labute approximate surface area is 167 Å². The van der Waals surface area contributed by atoms with Crippen LogP contribution in [-0.2, 0) is 0 Å². The van der Waals surface area contributed by atoms with Gasteiger partial charge < -0.3 is 4.42 Å². The number of benzene rings is 3. The molecule has 0 saturated carbocycles. The van der Waals surface area contributed by atoms with Crippen LogP contribution in [0.15, 0.2) is 71.1 Å². The first kappa shape index (κ1) is 15.8. The molecule has 0 N–H and O–H groups in total. The summed E-state index contributed by atoms with van der Waals surface area (Å²) in [7, 11) is 0. The summed E-state index contributed by atoms with van der Waals surface area (Å²) >= 11 is 7.85. The third kappa shape index (κ3) is 2.28. The summed E-state index contributed by atoms with van der Waals surface area (Å²) in [6, 6.07) is 21.8. The van der Waals surface area contributed by atoms with Crippen LogP contribution in [0.2, 0.25) is 5.02 Å². The van der Waals surface area contributed by atoms with Gasteiger partial charge in [0.15, 0.2) is 5.76 Å². The number of hydrogen-bond donors (Lipinski definition) is 0. The predicted molar refractivity (Wildman–Crippen MR) is 112 cm³/mol. The van der Waals surface area contributed by atoms with Gasteiger partial charge in [0, 0.05) is 21.4 Å². The highest BCUT2D eigenvalue weighted by Gasteiger charge is 2.18. The van der Waals surface area contributed by atoms with E-state index in [4.69, 9.17) is 21.1 Å². The van der Waals surface area contributed by atoms with Gasteiger partial charge in [0.05, 0.1) is 0 Å². The Balaban J connectivity index is 1.55. The minimum atomic E-state index is 0.590. The first-order chi connectivity index (χ1) is 13.8. The Morgan fingerprint density at radius 2 is 1.75 bits per heavy atom. The number of para-hydroxylation sites is 1. The van der Waals surface area contributed by atoms with Crippen LogP contribution in [0.4, 0.5) is 0 Å². The van der Waals surface area contributed by atoms with Crippen molar-refractivity contribution >= 4 is 49.6 Å². The van der Waals surface area contributed by atoms with Gasteiger partial charge in [0.25, 0.3) is 0 Å². The molecule has 6 rings (SSSR count). The minimum absolute atomic E-state index is 0.590. The zero-order chi connectivity index (χ0) is 18.7. The van der Waals surface area contributed by atoms with Crippen molar-refractivity contribution in [3.8, 4) is 22.2 Å². The molecule has 134 valence electrons. The van der Waals surface area contributed by atoms with Gasteiger partial charge in [-0.05, 0) is 23.6 Å². The third-order valence-electron chi connectivity index (χ3n) is 4.74. The molecule has 7 heteroatoms. The third-order valence-corrected chi connectivity index (χ3v) is 6.00. The number of halogens is 1. The molecule has 0 spiro atoms. The number of rotatable bonds is 2. The standard InChI is InChI=1S/C21H11ClN4OS/c22-16-9-4-6-13-14(16)7-3-8-15(13)20-25-26-19(23-24-21(26)28-20)18-11-12-5-1-2-10-17(12)27-18/h1-11H. The molecule has 0 atom stereocenters. The normalized spacial score (nSPS) is 11.8. The van der Waals surface area contributed by atoms with Crippen LogP contribution in [0.3, 0.4) is 0 Å². The van der Waals surface area contributed by atoms with Crippen molar-refractivity contribution in [3.05, 3.63) is 71.8 Å². The molecule has 0 amide bonds. The van der Waals surface area contributed by atoms with E-state index in [0.29, 0.717) is 16.5 Å². The number of furan rings is 1. The minimum Gasteiger partial charge on any atom is -0.453 e. The van der Waals surface area contributed by atoms with Crippen molar-refractivity contribution in [3.63, 3.8) is 0 Å². The molecule has 0 fully saturated rings. The fraction of sp³-hybridized carbons (Fsp3) is 0. The number of fused-ring (bicyclic) bond motifs is 3. The van der Waals surface area contributed by atoms with Crippen LogP contribution < -0.4 is 0 Å². The highest BCUT2D eigenvalue weighted by molar-refractivity contribution is 7.20. The zero-order valence-corrected chi connectivity index (χ0v) is 15.9. The van der Waals surface area contributed by atoms with Crippen LogP contribution in [-0.4, -0.2) is 19.8 Å². The van der Waals surface area contributed by atoms with Gasteiger partial charge in [0.1, 0.15) is 10.6 Å². The Bertz CT molecular complexity index is 1460. The number of aromatic nitrogens is 4. The molecule has 0 saturated heterocycles. The molecule has 3 aromatic heterocycles. The lowest BCUT2D eigenvalue weighted by molar-refractivity contribution is 0.622. The smallest absolute Gasteiger partial charge is 0.235 e. The molecule has 0 bridgehead atoms. The Kier molecular flexibility index (Phi) is 3.32. The van der Waals surface area contributed by atoms with E-state index >= 15 is 0 Å². The topological polar surface area (TPSA) is 56.2 Å². The predicted octanol–water partition coefficient (Wildman–Crippen LogP) is 6.07. The summed E-state index contributed by atoms with van der Waals surface area (Å²) < 4.78 is 7.68. The first-order valence-corrected chi connectivity index (χ1v) is 9.86. The summed E-state index contributed by atoms with van der Waals surface area (Å²) in [4.78, 5) is 0.712. The largest absolute Gasteiger partial charge is 0.453 e. The molecule has 28 heavy (non-hydrogen) atoms. The van der Waals surface area contributed by atoms with Gasteiger partial charge >= 0.3 is 0 Å². The first-order valence-electron chi connectivity index (χ1n) is 8.67. The van der Waals surface area contributed by atoms with Gasteiger partial charge in [-0.15, -0.1) is 10.2 Å². The van der Waals surface area contributed by atoms with E-state index in [2.05, 4.69) is 16.3 Å². The van der Waals surface area contributed by atoms with Crippen LogP contribution in [0.25, 0.3) is 48.9 Å². The van der Waals surface area contributed by atoms with E-state index in [0.717, 1.165) is 37.3 Å². The molecular weight excluding hydrogens is 392 g/mol. The molecule has 0 radical (unpaired) electrons. The van der Waals surface area contributed by atoms with E-state index in [1.807, 2.05) is 60.7 Å². The Morgan fingerprint density at radius 3 is 2.68 bits per heavy atom. The van der Waals surface area contributed by atoms with Gasteiger partial charge in [-0.25, -0.2) is 0 Å². The van der Waals surface area contributed by atoms with E-state index in [-0.39, 0.29) is 0 Å². The summed E-state index contributed by atoms with van der Waals surface area (Å²) in [5.41, 5.74) is 1.83. The second-order valence-electron chi connectivity index (χ2n) is 6.41. The molecule has 0 aliphatic carbocycles. The van der Waals surface area contributed by atoms with Gasteiger partial charge in [0.2, 0.25) is 10.8 Å². The van der Waals surface area contributed by atoms with Crippen LogP contribution in [0, 0.1) is 0 Å². The van der Waals surface area contributed by atoms with E-state index in [9.17, 15) is 0 Å². The number of nitrogens with zero attached hydrogens (tertiary/aromatic N) is 4.